The van der Waals surface area contributed by atoms with Crippen molar-refractivity contribution in [2.24, 2.45) is 0 Å². The quantitative estimate of drug-likeness (QED) is 0.266. The molecule has 0 saturated carbocycles. The van der Waals surface area contributed by atoms with Crippen LogP contribution in [-0.2, 0) is 17.9 Å². The molecule has 0 saturated heterocycles. The highest BCUT2D eigenvalue weighted by atomic mass is 35.5. The Bertz CT molecular complexity index is 1470. The van der Waals surface area contributed by atoms with Crippen molar-refractivity contribution in [2.45, 2.75) is 18.0 Å². The van der Waals surface area contributed by atoms with E-state index in [-0.39, 0.29) is 24.4 Å². The number of carbonyl (C=O) groups is 2. The first-order valence-electron chi connectivity index (χ1n) is 11.6. The van der Waals surface area contributed by atoms with Gasteiger partial charge in [-0.25, -0.2) is 0 Å². The molecule has 0 unspecified atom stereocenters. The monoisotopic (exact) mass is 555 g/mol. The third kappa shape index (κ3) is 5.98. The van der Waals surface area contributed by atoms with Crippen molar-refractivity contribution < 1.29 is 19.1 Å². The Kier molecular flexibility index (Phi) is 7.79. The van der Waals surface area contributed by atoms with Crippen LogP contribution in [-0.4, -0.2) is 35.5 Å². The van der Waals surface area contributed by atoms with E-state index in [1.165, 1.54) is 11.8 Å². The van der Waals surface area contributed by atoms with E-state index in [9.17, 15) is 9.59 Å². The first kappa shape index (κ1) is 25.3. The van der Waals surface area contributed by atoms with Gasteiger partial charge in [-0.05, 0) is 42.0 Å². The lowest BCUT2D eigenvalue weighted by atomic mass is 10.2. The van der Waals surface area contributed by atoms with Gasteiger partial charge in [-0.15, -0.1) is 11.8 Å². The summed E-state index contributed by atoms with van der Waals surface area (Å²) in [6.07, 6.45) is 2.02. The molecule has 0 radical (unpaired) electrons. The van der Waals surface area contributed by atoms with Crippen LogP contribution in [0.5, 0.6) is 11.5 Å². The minimum atomic E-state index is -0.258. The third-order valence-corrected chi connectivity index (χ3v) is 7.44. The number of benzene rings is 3. The summed E-state index contributed by atoms with van der Waals surface area (Å²) in [5.41, 5.74) is 2.36. The predicted molar refractivity (Wildman–Crippen MR) is 146 cm³/mol. The van der Waals surface area contributed by atoms with Crippen LogP contribution in [0.15, 0.2) is 71.8 Å². The second kappa shape index (κ2) is 11.4. The molecular formula is C27H23Cl2N3O4S. The van der Waals surface area contributed by atoms with E-state index in [4.69, 9.17) is 32.7 Å². The normalized spacial score (nSPS) is 12.1. The summed E-state index contributed by atoms with van der Waals surface area (Å²) in [5, 5.41) is 7.71. The van der Waals surface area contributed by atoms with Crippen molar-refractivity contribution in [3.05, 3.63) is 88.0 Å². The second-order valence-corrected chi connectivity index (χ2v) is 10.2. The zero-order chi connectivity index (χ0) is 25.8. The van der Waals surface area contributed by atoms with Crippen LogP contribution >= 0.6 is 35.0 Å². The van der Waals surface area contributed by atoms with Gasteiger partial charge in [-0.1, -0.05) is 47.5 Å². The van der Waals surface area contributed by atoms with E-state index in [0.29, 0.717) is 41.0 Å². The van der Waals surface area contributed by atoms with Gasteiger partial charge in [0, 0.05) is 46.7 Å². The van der Waals surface area contributed by atoms with Gasteiger partial charge in [0.25, 0.3) is 5.91 Å². The third-order valence-electron chi connectivity index (χ3n) is 5.85. The topological polar surface area (TPSA) is 81.6 Å². The molecule has 0 bridgehead atoms. The first-order chi connectivity index (χ1) is 18.0. The lowest BCUT2D eigenvalue weighted by Crippen LogP contribution is -2.27. The molecule has 37 heavy (non-hydrogen) atoms. The summed E-state index contributed by atoms with van der Waals surface area (Å²) in [4.78, 5) is 26.1. The molecule has 3 aromatic carbocycles. The van der Waals surface area contributed by atoms with E-state index >= 15 is 0 Å². The van der Waals surface area contributed by atoms with E-state index in [2.05, 4.69) is 15.2 Å². The lowest BCUT2D eigenvalue weighted by molar-refractivity contribution is -0.118. The number of carbonyl (C=O) groups excluding carboxylic acids is 2. The Labute approximate surface area is 228 Å². The number of fused-ring (bicyclic) bond motifs is 2. The van der Waals surface area contributed by atoms with E-state index in [1.54, 1.807) is 18.2 Å². The average molecular weight is 556 g/mol. The number of rotatable bonds is 9. The van der Waals surface area contributed by atoms with E-state index in [0.717, 1.165) is 27.1 Å². The fourth-order valence-corrected chi connectivity index (χ4v) is 5.43. The zero-order valence-corrected chi connectivity index (χ0v) is 22.0. The summed E-state index contributed by atoms with van der Waals surface area (Å²) in [7, 11) is 0. The Balaban J connectivity index is 1.17. The fourth-order valence-electron chi connectivity index (χ4n) is 4.02. The summed E-state index contributed by atoms with van der Waals surface area (Å²) in [5.74, 6) is 1.37. The van der Waals surface area contributed by atoms with Crippen molar-refractivity contribution in [3.63, 3.8) is 0 Å². The summed E-state index contributed by atoms with van der Waals surface area (Å²) in [6, 6.07) is 18.4. The van der Waals surface area contributed by atoms with Crippen LogP contribution in [0.25, 0.3) is 10.9 Å². The highest BCUT2D eigenvalue weighted by Gasteiger charge is 2.15. The number of aromatic nitrogens is 1. The van der Waals surface area contributed by atoms with Gasteiger partial charge in [0.05, 0.1) is 16.3 Å². The Morgan fingerprint density at radius 3 is 2.68 bits per heavy atom. The molecule has 4 aromatic rings. The molecule has 1 aliphatic rings. The minimum Gasteiger partial charge on any atom is -0.454 e. The van der Waals surface area contributed by atoms with Crippen LogP contribution < -0.4 is 20.1 Å². The number of para-hydroxylation sites is 1. The molecule has 5 rings (SSSR count). The van der Waals surface area contributed by atoms with Gasteiger partial charge in [-0.3, -0.25) is 9.59 Å². The first-order valence-corrected chi connectivity index (χ1v) is 13.3. The molecule has 10 heteroatoms. The second-order valence-electron chi connectivity index (χ2n) is 8.34. The van der Waals surface area contributed by atoms with Crippen LogP contribution in [0.3, 0.4) is 0 Å². The van der Waals surface area contributed by atoms with Gasteiger partial charge in [0.2, 0.25) is 12.7 Å². The van der Waals surface area contributed by atoms with Crippen molar-refractivity contribution in [2.75, 3.05) is 19.1 Å². The fraction of sp³-hybridized carbons (Fsp3) is 0.185. The van der Waals surface area contributed by atoms with Crippen LogP contribution in [0.4, 0.5) is 0 Å². The largest absolute Gasteiger partial charge is 0.454 e. The van der Waals surface area contributed by atoms with Crippen molar-refractivity contribution >= 4 is 57.7 Å². The SMILES string of the molecule is O=C(CSc1cn(CCNC(=O)c2ccc(Cl)cc2Cl)c2ccccc12)NCc1ccc2c(c1)OCO2. The molecule has 1 aromatic heterocycles. The zero-order valence-electron chi connectivity index (χ0n) is 19.6. The van der Waals surface area contributed by atoms with Gasteiger partial charge in [0.1, 0.15) is 0 Å². The molecule has 190 valence electrons. The van der Waals surface area contributed by atoms with Crippen molar-refractivity contribution in [1.82, 2.24) is 15.2 Å². The van der Waals surface area contributed by atoms with Gasteiger partial charge in [-0.2, -0.15) is 0 Å². The number of ether oxygens (including phenoxy) is 2. The number of nitrogens with one attached hydrogen (secondary N) is 2. The summed E-state index contributed by atoms with van der Waals surface area (Å²) < 4.78 is 12.8. The molecule has 2 amide bonds. The molecule has 0 aliphatic carbocycles. The number of nitrogens with zero attached hydrogens (tertiary/aromatic N) is 1. The van der Waals surface area contributed by atoms with Gasteiger partial charge >= 0.3 is 0 Å². The van der Waals surface area contributed by atoms with Crippen LogP contribution in [0.2, 0.25) is 10.0 Å². The highest BCUT2D eigenvalue weighted by molar-refractivity contribution is 8.00. The number of hydrogen-bond donors (Lipinski definition) is 2. The van der Waals surface area contributed by atoms with Crippen LogP contribution in [0, 0.1) is 0 Å². The van der Waals surface area contributed by atoms with Gasteiger partial charge < -0.3 is 24.7 Å². The number of thioether (sulfide) groups is 1. The highest BCUT2D eigenvalue weighted by Crippen LogP contribution is 2.33. The molecule has 7 nitrogen and oxygen atoms in total. The number of hydrogen-bond acceptors (Lipinski definition) is 5. The Hall–Kier alpha value is -3.33. The maximum Gasteiger partial charge on any atom is 0.252 e. The molecule has 0 spiro atoms. The van der Waals surface area contributed by atoms with E-state index in [1.807, 2.05) is 48.7 Å². The molecule has 0 fully saturated rings. The summed E-state index contributed by atoms with van der Waals surface area (Å²) >= 11 is 13.5. The smallest absolute Gasteiger partial charge is 0.252 e. The Morgan fingerprint density at radius 2 is 1.81 bits per heavy atom. The van der Waals surface area contributed by atoms with Crippen molar-refractivity contribution in [3.8, 4) is 11.5 Å². The molecule has 2 heterocycles. The molecular weight excluding hydrogens is 533 g/mol. The predicted octanol–water partition coefficient (Wildman–Crippen LogP) is 5.52. The Morgan fingerprint density at radius 1 is 0.973 bits per heavy atom. The molecule has 1 aliphatic heterocycles. The lowest BCUT2D eigenvalue weighted by Gasteiger charge is -2.09. The summed E-state index contributed by atoms with van der Waals surface area (Å²) in [6.45, 7) is 1.61. The maximum absolute atomic E-state index is 12.5. The van der Waals surface area contributed by atoms with Crippen LogP contribution in [0.1, 0.15) is 15.9 Å². The molecule has 2 N–H and O–H groups in total. The average Bonchev–Trinajstić information content (AvgIpc) is 3.50. The van der Waals surface area contributed by atoms with E-state index < -0.39 is 0 Å². The molecule has 0 atom stereocenters. The van der Waals surface area contributed by atoms with Crippen molar-refractivity contribution in [1.29, 1.82) is 0 Å². The minimum absolute atomic E-state index is 0.0633. The maximum atomic E-state index is 12.5. The number of halogens is 2. The standard InChI is InChI=1S/C27H23Cl2N3O4S/c28-18-6-7-19(21(29)12-18)27(34)30-9-10-32-14-25(20-3-1-2-4-22(20)32)37-15-26(33)31-13-17-5-8-23-24(11-17)36-16-35-23/h1-8,11-12,14H,9-10,13,15-16H2,(H,30,34)(H,31,33). The van der Waals surface area contributed by atoms with Gasteiger partial charge in [0.15, 0.2) is 11.5 Å². The number of amides is 2.